The van der Waals surface area contributed by atoms with Crippen LogP contribution < -0.4 is 5.32 Å². The molecule has 3 fully saturated rings. The second kappa shape index (κ2) is 12.7. The molecule has 0 spiro atoms. The van der Waals surface area contributed by atoms with Gasteiger partial charge in [-0.05, 0) is 64.9 Å². The van der Waals surface area contributed by atoms with Crippen molar-refractivity contribution < 1.29 is 52.4 Å². The first-order valence-corrected chi connectivity index (χ1v) is 16.8. The number of aliphatic hydroxyl groups is 1. The summed E-state index contributed by atoms with van der Waals surface area (Å²) in [6.45, 7) is 7.37. The average molecular weight is 682 g/mol. The van der Waals surface area contributed by atoms with E-state index in [0.29, 0.717) is 24.3 Å². The van der Waals surface area contributed by atoms with Gasteiger partial charge in [-0.2, -0.15) is 0 Å². The number of hydrogen-bond acceptors (Lipinski definition) is 10. The van der Waals surface area contributed by atoms with Crippen LogP contribution in [-0.4, -0.2) is 88.9 Å². The van der Waals surface area contributed by atoms with Crippen LogP contribution in [-0.2, 0) is 42.9 Å². The predicted molar refractivity (Wildman–Crippen MR) is 166 cm³/mol. The van der Waals surface area contributed by atoms with E-state index in [-0.39, 0.29) is 38.1 Å². The van der Waals surface area contributed by atoms with E-state index < -0.39 is 94.6 Å². The molecule has 5 rings (SSSR count). The van der Waals surface area contributed by atoms with Crippen molar-refractivity contribution in [1.82, 2.24) is 5.32 Å². The van der Waals surface area contributed by atoms with E-state index >= 15 is 4.39 Å². The predicted octanol–water partition coefficient (Wildman–Crippen LogP) is 3.43. The minimum absolute atomic E-state index is 0.0592. The largest absolute Gasteiger partial charge is 0.464 e. The van der Waals surface area contributed by atoms with E-state index in [4.69, 9.17) is 30.5 Å². The normalized spacial score (nSPS) is 38.6. The minimum atomic E-state index is -2.11. The molecular weight excluding hydrogens is 637 g/mol. The summed E-state index contributed by atoms with van der Waals surface area (Å²) in [7, 11) is 0. The molecule has 1 amide bonds. The molecule has 2 N–H and O–H groups in total. The first kappa shape index (κ1) is 35.6. The summed E-state index contributed by atoms with van der Waals surface area (Å²) in [5.74, 6) is -5.02. The van der Waals surface area contributed by atoms with Gasteiger partial charge in [0.2, 0.25) is 11.7 Å². The number of halogens is 2. The zero-order valence-corrected chi connectivity index (χ0v) is 28.3. The van der Waals surface area contributed by atoms with Crippen molar-refractivity contribution in [2.24, 2.45) is 22.7 Å². The highest BCUT2D eigenvalue weighted by atomic mass is 35.5. The Bertz CT molecular complexity index is 1400. The fourth-order valence-electron chi connectivity index (χ4n) is 9.10. The third-order valence-corrected chi connectivity index (χ3v) is 11.4. The van der Waals surface area contributed by atoms with Crippen LogP contribution in [0, 0.1) is 22.7 Å². The molecule has 0 aromatic heterocycles. The third kappa shape index (κ3) is 5.76. The van der Waals surface area contributed by atoms with Crippen molar-refractivity contribution in [2.75, 3.05) is 19.1 Å². The third-order valence-electron chi connectivity index (χ3n) is 11.2. The summed E-state index contributed by atoms with van der Waals surface area (Å²) in [6.07, 6.45) is 3.57. The van der Waals surface area contributed by atoms with E-state index in [1.165, 1.54) is 13.0 Å². The van der Waals surface area contributed by atoms with Gasteiger partial charge in [0.05, 0.1) is 25.2 Å². The summed E-state index contributed by atoms with van der Waals surface area (Å²) in [4.78, 5) is 63.7. The molecule has 5 aliphatic rings. The van der Waals surface area contributed by atoms with Gasteiger partial charge in [-0.1, -0.05) is 24.6 Å². The molecule has 47 heavy (non-hydrogen) atoms. The molecule has 0 radical (unpaired) electrons. The molecule has 1 heterocycles. The quantitative estimate of drug-likeness (QED) is 0.143. The number of carbonyl (C=O) groups is 5. The summed E-state index contributed by atoms with van der Waals surface area (Å²) in [5.41, 5.74) is -5.46. The second-order valence-electron chi connectivity index (χ2n) is 14.4. The van der Waals surface area contributed by atoms with Gasteiger partial charge < -0.3 is 29.4 Å². The van der Waals surface area contributed by atoms with Gasteiger partial charge in [0.1, 0.15) is 6.04 Å². The Hall–Kier alpha value is -2.67. The number of fused-ring (bicyclic) bond motifs is 7. The van der Waals surface area contributed by atoms with Crippen LogP contribution in [0.2, 0.25) is 0 Å². The lowest BCUT2D eigenvalue weighted by atomic mass is 9.45. The molecule has 1 unspecified atom stereocenters. The lowest BCUT2D eigenvalue weighted by molar-refractivity contribution is -0.243. The Morgan fingerprint density at radius 1 is 1.15 bits per heavy atom. The summed E-state index contributed by atoms with van der Waals surface area (Å²) in [5, 5.41) is 14.1. The standard InChI is InChI=1S/C34H45ClFNO10/c1-19(38)37-24(29(43)44-13-7-6-12-35)16-28(42)45-18-26(41)34-27(46-30(2,3)47-34)15-23-22-9-8-20-14-21(39)10-11-31(20,4)33(22,36)25(40)17-32(23,34)5/h8,10-11,22-25,27,40H,6-7,9,12-18H2,1-5H3,(H,37,38)/t22-,23-,24?,25-,27+,31-,32-,33-,34+/m0/s1. The Kier molecular flexibility index (Phi) is 9.59. The molecular formula is C34H45ClFNO10. The van der Waals surface area contributed by atoms with Crippen LogP contribution in [0.3, 0.4) is 0 Å². The molecule has 0 aromatic rings. The lowest BCUT2D eigenvalue weighted by Gasteiger charge is -2.62. The maximum atomic E-state index is 17.6. The van der Waals surface area contributed by atoms with E-state index in [1.54, 1.807) is 33.8 Å². The molecule has 2 saturated carbocycles. The Balaban J connectivity index is 1.37. The monoisotopic (exact) mass is 681 g/mol. The number of Topliss-reactive ketones (excluding diaryl/α,β-unsaturated/α-hetero) is 1. The molecule has 1 saturated heterocycles. The SMILES string of the molecule is CC(=O)NC(CC(=O)OCC(=O)[C@@]12OC(C)(C)O[C@@H]1C[C@H]1[C@@H]3CC=C4CC(=O)C=C[C@]4(C)[C@@]3(F)[C@@H](O)C[C@@]12C)C(=O)OCCCCCl. The van der Waals surface area contributed by atoms with Crippen molar-refractivity contribution in [3.63, 3.8) is 0 Å². The number of carbonyl (C=O) groups excluding carboxylic acids is 5. The number of nitrogens with one attached hydrogen (secondary N) is 1. The smallest absolute Gasteiger partial charge is 0.329 e. The summed E-state index contributed by atoms with van der Waals surface area (Å²) in [6, 6.07) is -1.32. The van der Waals surface area contributed by atoms with Crippen molar-refractivity contribution in [2.45, 2.75) is 115 Å². The zero-order chi connectivity index (χ0) is 34.6. The number of allylic oxidation sites excluding steroid dienone is 4. The van der Waals surface area contributed by atoms with Crippen LogP contribution in [0.1, 0.15) is 79.6 Å². The number of rotatable bonds is 11. The topological polar surface area (TPSA) is 155 Å². The maximum Gasteiger partial charge on any atom is 0.329 e. The van der Waals surface area contributed by atoms with Crippen LogP contribution in [0.25, 0.3) is 0 Å². The first-order valence-electron chi connectivity index (χ1n) is 16.3. The molecule has 0 aromatic carbocycles. The van der Waals surface area contributed by atoms with Crippen molar-refractivity contribution in [3.8, 4) is 0 Å². The van der Waals surface area contributed by atoms with Gasteiger partial charge in [0.25, 0.3) is 0 Å². The van der Waals surface area contributed by atoms with Crippen LogP contribution in [0.15, 0.2) is 23.8 Å². The zero-order valence-electron chi connectivity index (χ0n) is 27.6. The van der Waals surface area contributed by atoms with E-state index in [2.05, 4.69) is 5.32 Å². The van der Waals surface area contributed by atoms with E-state index in [0.717, 1.165) is 0 Å². The fraction of sp³-hybridized carbons (Fsp3) is 0.735. The van der Waals surface area contributed by atoms with Gasteiger partial charge in [0.15, 0.2) is 29.4 Å². The van der Waals surface area contributed by atoms with Crippen LogP contribution >= 0.6 is 11.6 Å². The number of aliphatic hydroxyl groups excluding tert-OH is 1. The number of alkyl halides is 2. The molecule has 260 valence electrons. The molecule has 13 heteroatoms. The second-order valence-corrected chi connectivity index (χ2v) is 14.8. The number of unbranched alkanes of at least 4 members (excludes halogenated alkanes) is 1. The summed E-state index contributed by atoms with van der Waals surface area (Å²) < 4.78 is 40.9. The number of amides is 1. The van der Waals surface area contributed by atoms with Crippen molar-refractivity contribution in [1.29, 1.82) is 0 Å². The van der Waals surface area contributed by atoms with Gasteiger partial charge in [-0.3, -0.25) is 19.2 Å². The molecule has 1 aliphatic heterocycles. The maximum absolute atomic E-state index is 17.6. The fourth-order valence-corrected chi connectivity index (χ4v) is 9.29. The first-order chi connectivity index (χ1) is 21.9. The highest BCUT2D eigenvalue weighted by Gasteiger charge is 2.80. The Labute approximate surface area is 278 Å². The highest BCUT2D eigenvalue weighted by Crippen LogP contribution is 2.71. The molecule has 4 aliphatic carbocycles. The van der Waals surface area contributed by atoms with Gasteiger partial charge >= 0.3 is 11.9 Å². The highest BCUT2D eigenvalue weighted by molar-refractivity contribution is 6.17. The molecule has 11 nitrogen and oxygen atoms in total. The number of hydrogen-bond donors (Lipinski definition) is 2. The van der Waals surface area contributed by atoms with Crippen LogP contribution in [0.4, 0.5) is 4.39 Å². The van der Waals surface area contributed by atoms with Gasteiger partial charge in [0, 0.05) is 36.0 Å². The molecule has 0 bridgehead atoms. The number of esters is 2. The summed E-state index contributed by atoms with van der Waals surface area (Å²) >= 11 is 5.65. The van der Waals surface area contributed by atoms with Gasteiger partial charge in [-0.15, -0.1) is 11.6 Å². The lowest BCUT2D eigenvalue weighted by Crippen LogP contribution is -2.69. The van der Waals surface area contributed by atoms with Crippen molar-refractivity contribution >= 4 is 41.0 Å². The van der Waals surface area contributed by atoms with E-state index in [9.17, 15) is 29.1 Å². The number of ether oxygens (including phenoxy) is 4. The van der Waals surface area contributed by atoms with Crippen molar-refractivity contribution in [3.05, 3.63) is 23.8 Å². The Morgan fingerprint density at radius 2 is 1.87 bits per heavy atom. The Morgan fingerprint density at radius 3 is 2.55 bits per heavy atom. The number of ketones is 2. The van der Waals surface area contributed by atoms with Crippen LogP contribution in [0.5, 0.6) is 0 Å². The minimum Gasteiger partial charge on any atom is -0.464 e. The van der Waals surface area contributed by atoms with Gasteiger partial charge in [-0.25, -0.2) is 9.18 Å². The molecule has 9 atom stereocenters. The average Bonchev–Trinajstić information content (AvgIpc) is 3.40. The van der Waals surface area contributed by atoms with E-state index in [1.807, 2.05) is 6.08 Å².